The van der Waals surface area contributed by atoms with Crippen LogP contribution in [0.2, 0.25) is 0 Å². The van der Waals surface area contributed by atoms with Crippen LogP contribution in [0.15, 0.2) is 59.4 Å². The first-order chi connectivity index (χ1) is 15.1. The minimum Gasteiger partial charge on any atom is -0.336 e. The number of fused-ring (bicyclic) bond motifs is 2. The van der Waals surface area contributed by atoms with Crippen LogP contribution in [-0.2, 0) is 11.2 Å². The summed E-state index contributed by atoms with van der Waals surface area (Å²) in [6, 6.07) is 16.8. The summed E-state index contributed by atoms with van der Waals surface area (Å²) in [4.78, 5) is 46.5. The van der Waals surface area contributed by atoms with Gasteiger partial charge in [-0.1, -0.05) is 36.4 Å². The molecule has 2 aromatic carbocycles. The summed E-state index contributed by atoms with van der Waals surface area (Å²) in [6.07, 6.45) is 0.897. The number of hydrogen-bond acceptors (Lipinski definition) is 4. The molecule has 7 heteroatoms. The minimum atomic E-state index is -0.280. The van der Waals surface area contributed by atoms with E-state index in [2.05, 4.69) is 16.0 Å². The van der Waals surface area contributed by atoms with Crippen LogP contribution < -0.4 is 10.5 Å². The van der Waals surface area contributed by atoms with Crippen LogP contribution in [0.25, 0.3) is 10.9 Å². The molecule has 0 aliphatic carbocycles. The molecule has 7 nitrogen and oxygen atoms in total. The number of amides is 2. The highest BCUT2D eigenvalue weighted by Crippen LogP contribution is 2.27. The third kappa shape index (κ3) is 3.72. The molecule has 2 amide bonds. The Kier molecular flexibility index (Phi) is 5.03. The summed E-state index contributed by atoms with van der Waals surface area (Å²) >= 11 is 0. The number of nitrogens with one attached hydrogen (secondary N) is 1. The average molecular weight is 416 g/mol. The number of carbonyl (C=O) groups is 2. The summed E-state index contributed by atoms with van der Waals surface area (Å²) in [7, 11) is 0. The largest absolute Gasteiger partial charge is 0.336 e. The number of hydrogen-bond donors (Lipinski definition) is 1. The molecule has 1 N–H and O–H groups in total. The van der Waals surface area contributed by atoms with Gasteiger partial charge in [-0.15, -0.1) is 0 Å². The van der Waals surface area contributed by atoms with E-state index < -0.39 is 0 Å². The first kappa shape index (κ1) is 19.5. The van der Waals surface area contributed by atoms with E-state index in [1.54, 1.807) is 11.0 Å². The molecule has 0 atom stereocenters. The SMILES string of the molecule is O=C(c1cc(=O)[nH]c2ccccc12)N1CCN(CC(=O)N2CCc3ccccc32)CC1. The fourth-order valence-electron chi connectivity index (χ4n) is 4.53. The molecule has 1 aromatic heterocycles. The van der Waals surface area contributed by atoms with Crippen molar-refractivity contribution in [3.8, 4) is 0 Å². The van der Waals surface area contributed by atoms with Crippen molar-refractivity contribution in [3.05, 3.63) is 76.1 Å². The molecular formula is C24H24N4O3. The van der Waals surface area contributed by atoms with E-state index in [-0.39, 0.29) is 17.4 Å². The molecule has 0 saturated carbocycles. The number of pyridine rings is 1. The predicted octanol–water partition coefficient (Wildman–Crippen LogP) is 1.88. The molecule has 158 valence electrons. The van der Waals surface area contributed by atoms with E-state index in [0.29, 0.717) is 43.8 Å². The Morgan fingerprint density at radius 2 is 1.65 bits per heavy atom. The van der Waals surface area contributed by atoms with Gasteiger partial charge in [0.1, 0.15) is 0 Å². The smallest absolute Gasteiger partial charge is 0.254 e. The first-order valence-electron chi connectivity index (χ1n) is 10.6. The zero-order chi connectivity index (χ0) is 21.4. The van der Waals surface area contributed by atoms with Crippen LogP contribution in [0, 0.1) is 0 Å². The van der Waals surface area contributed by atoms with Gasteiger partial charge in [0.05, 0.1) is 12.1 Å². The fourth-order valence-corrected chi connectivity index (χ4v) is 4.53. The van der Waals surface area contributed by atoms with Crippen LogP contribution in [0.5, 0.6) is 0 Å². The van der Waals surface area contributed by atoms with Crippen molar-refractivity contribution in [3.63, 3.8) is 0 Å². The monoisotopic (exact) mass is 416 g/mol. The Hall–Kier alpha value is -3.45. The lowest BCUT2D eigenvalue weighted by Crippen LogP contribution is -2.51. The predicted molar refractivity (Wildman–Crippen MR) is 119 cm³/mol. The highest BCUT2D eigenvalue weighted by Gasteiger charge is 2.28. The van der Waals surface area contributed by atoms with Crippen molar-refractivity contribution in [2.75, 3.05) is 44.2 Å². The molecule has 0 unspecified atom stereocenters. The number of para-hydroxylation sites is 2. The molecule has 3 aromatic rings. The standard InChI is InChI=1S/C24H24N4O3/c29-22-15-19(18-6-2-3-7-20(18)25-22)24(31)27-13-11-26(12-14-27)16-23(30)28-10-9-17-5-1-4-8-21(17)28/h1-8,15H,9-14,16H2,(H,25,29). The Bertz CT molecular complexity index is 1210. The van der Waals surface area contributed by atoms with Crippen molar-refractivity contribution in [1.82, 2.24) is 14.8 Å². The lowest BCUT2D eigenvalue weighted by Gasteiger charge is -2.35. The van der Waals surface area contributed by atoms with E-state index in [0.717, 1.165) is 24.0 Å². The van der Waals surface area contributed by atoms with Gasteiger partial charge < -0.3 is 14.8 Å². The van der Waals surface area contributed by atoms with Crippen molar-refractivity contribution in [2.24, 2.45) is 0 Å². The zero-order valence-electron chi connectivity index (χ0n) is 17.2. The second kappa shape index (κ2) is 8.00. The van der Waals surface area contributed by atoms with Gasteiger partial charge in [-0.2, -0.15) is 0 Å². The Labute approximate surface area is 179 Å². The van der Waals surface area contributed by atoms with Crippen molar-refractivity contribution in [1.29, 1.82) is 0 Å². The fraction of sp³-hybridized carbons (Fsp3) is 0.292. The maximum absolute atomic E-state index is 13.1. The van der Waals surface area contributed by atoms with E-state index in [1.165, 1.54) is 11.6 Å². The maximum Gasteiger partial charge on any atom is 0.254 e. The molecule has 1 saturated heterocycles. The van der Waals surface area contributed by atoms with Crippen LogP contribution in [0.1, 0.15) is 15.9 Å². The van der Waals surface area contributed by atoms with Gasteiger partial charge >= 0.3 is 0 Å². The Morgan fingerprint density at radius 1 is 0.903 bits per heavy atom. The molecule has 0 spiro atoms. The second-order valence-electron chi connectivity index (χ2n) is 8.09. The number of aromatic amines is 1. The number of rotatable bonds is 3. The van der Waals surface area contributed by atoms with Crippen molar-refractivity contribution in [2.45, 2.75) is 6.42 Å². The van der Waals surface area contributed by atoms with E-state index >= 15 is 0 Å². The van der Waals surface area contributed by atoms with E-state index in [4.69, 9.17) is 0 Å². The highest BCUT2D eigenvalue weighted by molar-refractivity contribution is 6.06. The van der Waals surface area contributed by atoms with Gasteiger partial charge in [-0.25, -0.2) is 0 Å². The minimum absolute atomic E-state index is 0.102. The van der Waals surface area contributed by atoms with Gasteiger partial charge in [0.25, 0.3) is 5.91 Å². The molecule has 2 aliphatic rings. The normalized spacial score (nSPS) is 16.5. The van der Waals surface area contributed by atoms with Gasteiger partial charge in [0.15, 0.2) is 0 Å². The number of carbonyl (C=O) groups excluding carboxylic acids is 2. The molecule has 0 radical (unpaired) electrons. The van der Waals surface area contributed by atoms with Gasteiger partial charge in [-0.3, -0.25) is 19.3 Å². The summed E-state index contributed by atoms with van der Waals surface area (Å²) in [5.41, 5.74) is 3.04. The molecule has 1 fully saturated rings. The lowest BCUT2D eigenvalue weighted by atomic mass is 10.1. The quantitative estimate of drug-likeness (QED) is 0.707. The zero-order valence-corrected chi connectivity index (χ0v) is 17.2. The molecule has 31 heavy (non-hydrogen) atoms. The number of piperazine rings is 1. The van der Waals surface area contributed by atoms with Gasteiger partial charge in [-0.05, 0) is 24.1 Å². The number of nitrogens with zero attached hydrogens (tertiary/aromatic N) is 3. The highest BCUT2D eigenvalue weighted by atomic mass is 16.2. The molecule has 5 rings (SSSR count). The molecule has 2 aliphatic heterocycles. The summed E-state index contributed by atoms with van der Waals surface area (Å²) in [5, 5.41) is 0.748. The Balaban J connectivity index is 1.24. The summed E-state index contributed by atoms with van der Waals surface area (Å²) < 4.78 is 0. The maximum atomic E-state index is 13.1. The number of anilines is 1. The third-order valence-electron chi connectivity index (χ3n) is 6.19. The number of H-pyrrole nitrogens is 1. The van der Waals surface area contributed by atoms with Gasteiger partial charge in [0.2, 0.25) is 11.5 Å². The number of aromatic nitrogens is 1. The summed E-state index contributed by atoms with van der Waals surface area (Å²) in [6.45, 7) is 3.41. The molecule has 0 bridgehead atoms. The van der Waals surface area contributed by atoms with Crippen LogP contribution in [0.3, 0.4) is 0 Å². The summed E-state index contributed by atoms with van der Waals surface area (Å²) in [5.74, 6) is -0.0351. The molecule has 3 heterocycles. The van der Waals surface area contributed by atoms with Crippen LogP contribution in [0.4, 0.5) is 5.69 Å². The third-order valence-corrected chi connectivity index (χ3v) is 6.19. The number of benzene rings is 2. The average Bonchev–Trinajstić information content (AvgIpc) is 3.23. The van der Waals surface area contributed by atoms with E-state index in [9.17, 15) is 14.4 Å². The van der Waals surface area contributed by atoms with Crippen LogP contribution >= 0.6 is 0 Å². The van der Waals surface area contributed by atoms with E-state index in [1.807, 2.05) is 41.3 Å². The topological polar surface area (TPSA) is 76.7 Å². The first-order valence-corrected chi connectivity index (χ1v) is 10.6. The van der Waals surface area contributed by atoms with Crippen molar-refractivity contribution >= 4 is 28.4 Å². The molecular weight excluding hydrogens is 392 g/mol. The second-order valence-corrected chi connectivity index (χ2v) is 8.09. The lowest BCUT2D eigenvalue weighted by molar-refractivity contribution is -0.120. The van der Waals surface area contributed by atoms with Gasteiger partial charge in [0, 0.05) is 55.4 Å². The van der Waals surface area contributed by atoms with Crippen LogP contribution in [-0.4, -0.2) is 65.9 Å². The Morgan fingerprint density at radius 3 is 2.48 bits per heavy atom. The van der Waals surface area contributed by atoms with Crippen molar-refractivity contribution < 1.29 is 9.59 Å².